The number of fused-ring (bicyclic) bond motifs is 1. The van der Waals surface area contributed by atoms with Crippen molar-refractivity contribution < 1.29 is 4.74 Å². The van der Waals surface area contributed by atoms with Gasteiger partial charge in [0.25, 0.3) is 0 Å². The lowest BCUT2D eigenvalue weighted by atomic mass is 10.2. The summed E-state index contributed by atoms with van der Waals surface area (Å²) in [6, 6.07) is 9.92. The van der Waals surface area contributed by atoms with E-state index >= 15 is 0 Å². The molecule has 3 aromatic rings. The Morgan fingerprint density at radius 2 is 2.10 bits per heavy atom. The number of aryl methyl sites for hydroxylation is 2. The van der Waals surface area contributed by atoms with Crippen LogP contribution in [0.3, 0.4) is 0 Å². The standard InChI is InChI=1S/C16H18N4O/c1-11-4-3-5-13(10-11)21-9-8-20-15-14(19-16(20)17)12(2)6-7-18-15/h3-7,10H,8-9H2,1-2H3,(H2,17,19). The van der Waals surface area contributed by atoms with Crippen molar-refractivity contribution in [2.24, 2.45) is 0 Å². The van der Waals surface area contributed by atoms with Gasteiger partial charge < -0.3 is 10.5 Å². The summed E-state index contributed by atoms with van der Waals surface area (Å²) >= 11 is 0. The molecule has 0 aliphatic carbocycles. The third-order valence-corrected chi connectivity index (χ3v) is 3.44. The molecule has 0 radical (unpaired) electrons. The van der Waals surface area contributed by atoms with Gasteiger partial charge in [-0.15, -0.1) is 0 Å². The Hall–Kier alpha value is -2.56. The summed E-state index contributed by atoms with van der Waals surface area (Å²) in [5.74, 6) is 1.33. The summed E-state index contributed by atoms with van der Waals surface area (Å²) < 4.78 is 7.65. The number of nitrogens with zero attached hydrogens (tertiary/aromatic N) is 3. The molecular weight excluding hydrogens is 264 g/mol. The van der Waals surface area contributed by atoms with Crippen molar-refractivity contribution in [2.45, 2.75) is 20.4 Å². The predicted molar refractivity (Wildman–Crippen MR) is 83.4 cm³/mol. The smallest absolute Gasteiger partial charge is 0.202 e. The zero-order valence-corrected chi connectivity index (χ0v) is 12.2. The van der Waals surface area contributed by atoms with Gasteiger partial charge in [0.2, 0.25) is 5.95 Å². The summed E-state index contributed by atoms with van der Waals surface area (Å²) in [5.41, 5.74) is 9.89. The highest BCUT2D eigenvalue weighted by atomic mass is 16.5. The number of nitrogens with two attached hydrogens (primary N) is 1. The monoisotopic (exact) mass is 282 g/mol. The summed E-state index contributed by atoms with van der Waals surface area (Å²) in [6.07, 6.45) is 1.77. The van der Waals surface area contributed by atoms with E-state index in [1.807, 2.05) is 48.7 Å². The lowest BCUT2D eigenvalue weighted by Crippen LogP contribution is -2.11. The minimum Gasteiger partial charge on any atom is -0.492 e. The van der Waals surface area contributed by atoms with Crippen molar-refractivity contribution in [3.05, 3.63) is 47.7 Å². The Morgan fingerprint density at radius 1 is 1.24 bits per heavy atom. The van der Waals surface area contributed by atoms with E-state index in [-0.39, 0.29) is 0 Å². The molecule has 5 heteroatoms. The zero-order chi connectivity index (χ0) is 14.8. The Kier molecular flexibility index (Phi) is 3.48. The van der Waals surface area contributed by atoms with Gasteiger partial charge in [0.1, 0.15) is 17.9 Å². The van der Waals surface area contributed by atoms with E-state index in [0.29, 0.717) is 19.1 Å². The highest BCUT2D eigenvalue weighted by molar-refractivity contribution is 5.77. The highest BCUT2D eigenvalue weighted by Gasteiger charge is 2.10. The number of benzene rings is 1. The van der Waals surface area contributed by atoms with Gasteiger partial charge in [0.05, 0.1) is 6.54 Å². The number of pyridine rings is 1. The fraction of sp³-hybridized carbons (Fsp3) is 0.250. The Balaban J connectivity index is 1.76. The predicted octanol–water partition coefficient (Wildman–Crippen LogP) is 2.71. The quantitative estimate of drug-likeness (QED) is 0.799. The first-order valence-corrected chi connectivity index (χ1v) is 6.92. The van der Waals surface area contributed by atoms with E-state index in [2.05, 4.69) is 9.97 Å². The van der Waals surface area contributed by atoms with Gasteiger partial charge in [0, 0.05) is 6.20 Å². The highest BCUT2D eigenvalue weighted by Crippen LogP contribution is 2.19. The van der Waals surface area contributed by atoms with E-state index in [9.17, 15) is 0 Å². The first-order chi connectivity index (χ1) is 10.1. The van der Waals surface area contributed by atoms with E-state index in [1.54, 1.807) is 6.20 Å². The first-order valence-electron chi connectivity index (χ1n) is 6.92. The van der Waals surface area contributed by atoms with Crippen molar-refractivity contribution in [1.29, 1.82) is 0 Å². The largest absolute Gasteiger partial charge is 0.492 e. The molecular formula is C16H18N4O. The first kappa shape index (κ1) is 13.4. The fourth-order valence-electron chi connectivity index (χ4n) is 2.34. The molecule has 1 aromatic carbocycles. The molecule has 0 spiro atoms. The van der Waals surface area contributed by atoms with E-state index < -0.39 is 0 Å². The molecule has 0 unspecified atom stereocenters. The second kappa shape index (κ2) is 5.44. The molecule has 2 heterocycles. The Morgan fingerprint density at radius 3 is 2.90 bits per heavy atom. The lowest BCUT2D eigenvalue weighted by molar-refractivity contribution is 0.300. The maximum absolute atomic E-state index is 5.98. The molecule has 108 valence electrons. The Labute approximate surface area is 123 Å². The molecule has 5 nitrogen and oxygen atoms in total. The van der Waals surface area contributed by atoms with Crippen LogP contribution in [0.4, 0.5) is 5.95 Å². The number of nitrogen functional groups attached to an aromatic ring is 1. The molecule has 0 amide bonds. The minimum atomic E-state index is 0.472. The SMILES string of the molecule is Cc1cccc(OCCn2c(N)nc3c(C)ccnc32)c1. The fourth-order valence-corrected chi connectivity index (χ4v) is 2.34. The van der Waals surface area contributed by atoms with Crippen LogP contribution in [0.15, 0.2) is 36.5 Å². The van der Waals surface area contributed by atoms with Crippen LogP contribution in [-0.4, -0.2) is 21.1 Å². The van der Waals surface area contributed by atoms with Crippen molar-refractivity contribution >= 4 is 17.1 Å². The number of anilines is 1. The molecule has 3 rings (SSSR count). The molecule has 0 aliphatic rings. The van der Waals surface area contributed by atoms with Gasteiger partial charge in [-0.05, 0) is 43.2 Å². The van der Waals surface area contributed by atoms with E-state index in [4.69, 9.17) is 10.5 Å². The van der Waals surface area contributed by atoms with Crippen molar-refractivity contribution in [2.75, 3.05) is 12.3 Å². The van der Waals surface area contributed by atoms with Crippen LogP contribution in [0, 0.1) is 13.8 Å². The summed E-state index contributed by atoms with van der Waals surface area (Å²) in [4.78, 5) is 8.74. The Bertz CT molecular complexity index is 779. The molecule has 0 bridgehead atoms. The number of aromatic nitrogens is 3. The van der Waals surface area contributed by atoms with Crippen molar-refractivity contribution in [3.8, 4) is 5.75 Å². The maximum Gasteiger partial charge on any atom is 0.202 e. The van der Waals surface area contributed by atoms with Crippen LogP contribution in [0.5, 0.6) is 5.75 Å². The average molecular weight is 282 g/mol. The average Bonchev–Trinajstić information content (AvgIpc) is 2.77. The van der Waals surface area contributed by atoms with Crippen LogP contribution in [-0.2, 0) is 6.54 Å². The van der Waals surface area contributed by atoms with Gasteiger partial charge in [-0.2, -0.15) is 0 Å². The minimum absolute atomic E-state index is 0.472. The number of ether oxygens (including phenoxy) is 1. The molecule has 0 saturated carbocycles. The summed E-state index contributed by atoms with van der Waals surface area (Å²) in [5, 5.41) is 0. The summed E-state index contributed by atoms with van der Waals surface area (Å²) in [6.45, 7) is 5.19. The molecule has 0 fully saturated rings. The summed E-state index contributed by atoms with van der Waals surface area (Å²) in [7, 11) is 0. The van der Waals surface area contributed by atoms with Gasteiger partial charge in [-0.25, -0.2) is 9.97 Å². The van der Waals surface area contributed by atoms with E-state index in [1.165, 1.54) is 5.56 Å². The van der Waals surface area contributed by atoms with Gasteiger partial charge in [-0.3, -0.25) is 4.57 Å². The maximum atomic E-state index is 5.98. The number of hydrogen-bond donors (Lipinski definition) is 1. The number of hydrogen-bond acceptors (Lipinski definition) is 4. The second-order valence-electron chi connectivity index (χ2n) is 5.09. The van der Waals surface area contributed by atoms with Crippen LogP contribution >= 0.6 is 0 Å². The van der Waals surface area contributed by atoms with Crippen LogP contribution in [0.25, 0.3) is 11.2 Å². The van der Waals surface area contributed by atoms with Crippen molar-refractivity contribution in [1.82, 2.24) is 14.5 Å². The third kappa shape index (κ3) is 2.67. The topological polar surface area (TPSA) is 66.0 Å². The van der Waals surface area contributed by atoms with Crippen LogP contribution < -0.4 is 10.5 Å². The lowest BCUT2D eigenvalue weighted by Gasteiger charge is -2.09. The van der Waals surface area contributed by atoms with Crippen LogP contribution in [0.1, 0.15) is 11.1 Å². The van der Waals surface area contributed by atoms with Gasteiger partial charge in [0.15, 0.2) is 5.65 Å². The van der Waals surface area contributed by atoms with Gasteiger partial charge in [-0.1, -0.05) is 12.1 Å². The van der Waals surface area contributed by atoms with Crippen molar-refractivity contribution in [3.63, 3.8) is 0 Å². The van der Waals surface area contributed by atoms with Gasteiger partial charge >= 0.3 is 0 Å². The molecule has 21 heavy (non-hydrogen) atoms. The number of rotatable bonds is 4. The van der Waals surface area contributed by atoms with E-state index in [0.717, 1.165) is 22.5 Å². The van der Waals surface area contributed by atoms with Crippen LogP contribution in [0.2, 0.25) is 0 Å². The molecule has 0 atom stereocenters. The second-order valence-corrected chi connectivity index (χ2v) is 5.09. The third-order valence-electron chi connectivity index (χ3n) is 3.44. The molecule has 0 aliphatic heterocycles. The molecule has 2 N–H and O–H groups in total. The normalized spacial score (nSPS) is 11.0. The number of imidazole rings is 1. The molecule has 0 saturated heterocycles. The zero-order valence-electron chi connectivity index (χ0n) is 12.2. The molecule has 2 aromatic heterocycles.